The summed E-state index contributed by atoms with van der Waals surface area (Å²) in [5.74, 6) is 0.673. The van der Waals surface area contributed by atoms with Gasteiger partial charge in [0.15, 0.2) is 5.03 Å². The Labute approximate surface area is 104 Å². The number of aryl methyl sites for hydroxylation is 1. The molecule has 1 aromatic heterocycles. The Morgan fingerprint density at radius 2 is 2.25 bits per heavy atom. The van der Waals surface area contributed by atoms with E-state index in [0.29, 0.717) is 17.6 Å². The summed E-state index contributed by atoms with van der Waals surface area (Å²) in [6.45, 7) is 3.84. The zero-order valence-corrected chi connectivity index (χ0v) is 11.7. The van der Waals surface area contributed by atoms with Gasteiger partial charge in [0.1, 0.15) is 5.82 Å². The molecule has 0 amide bonds. The van der Waals surface area contributed by atoms with Crippen LogP contribution in [0.4, 0.5) is 0 Å². The lowest BCUT2D eigenvalue weighted by atomic mass is 10.3. The monoisotopic (exact) mass is 309 g/mol. The fourth-order valence-electron chi connectivity index (χ4n) is 1.17. The zero-order chi connectivity index (χ0) is 12.2. The highest BCUT2D eigenvalue weighted by Gasteiger charge is 2.20. The van der Waals surface area contributed by atoms with Gasteiger partial charge in [0.25, 0.3) is 10.0 Å². The first kappa shape index (κ1) is 13.7. The first-order valence-electron chi connectivity index (χ1n) is 5.15. The van der Waals surface area contributed by atoms with Gasteiger partial charge in [-0.2, -0.15) is 0 Å². The van der Waals surface area contributed by atoms with Crippen LogP contribution in [-0.2, 0) is 16.4 Å². The van der Waals surface area contributed by atoms with Crippen molar-refractivity contribution in [2.24, 2.45) is 0 Å². The number of alkyl halides is 1. The van der Waals surface area contributed by atoms with Crippen LogP contribution < -0.4 is 4.72 Å². The third-order valence-electron chi connectivity index (χ3n) is 2.23. The lowest BCUT2D eigenvalue weighted by Crippen LogP contribution is -2.35. The molecule has 92 valence electrons. The van der Waals surface area contributed by atoms with Crippen LogP contribution in [0.2, 0.25) is 0 Å². The maximum Gasteiger partial charge on any atom is 0.257 e. The fourth-order valence-corrected chi connectivity index (χ4v) is 3.26. The summed E-state index contributed by atoms with van der Waals surface area (Å²) in [6, 6.07) is -0.0987. The molecule has 1 heterocycles. The van der Waals surface area contributed by atoms with Gasteiger partial charge in [-0.05, 0) is 6.42 Å². The van der Waals surface area contributed by atoms with Crippen molar-refractivity contribution in [3.05, 3.63) is 12.0 Å². The number of sulfonamides is 1. The molecule has 1 unspecified atom stereocenters. The summed E-state index contributed by atoms with van der Waals surface area (Å²) in [5.41, 5.74) is 0. The molecule has 5 nitrogen and oxygen atoms in total. The highest BCUT2D eigenvalue weighted by molar-refractivity contribution is 9.09. The Kier molecular flexibility index (Phi) is 4.94. The molecule has 0 radical (unpaired) electrons. The third kappa shape index (κ3) is 3.29. The van der Waals surface area contributed by atoms with E-state index in [4.69, 9.17) is 0 Å². The Morgan fingerprint density at radius 1 is 1.56 bits per heavy atom. The number of aromatic nitrogens is 2. The number of hydrogen-bond acceptors (Lipinski definition) is 3. The third-order valence-corrected chi connectivity index (χ3v) is 4.44. The van der Waals surface area contributed by atoms with E-state index in [1.165, 1.54) is 6.20 Å². The Morgan fingerprint density at radius 3 is 2.69 bits per heavy atom. The molecule has 1 atom stereocenters. The van der Waals surface area contributed by atoms with E-state index in [9.17, 15) is 8.42 Å². The van der Waals surface area contributed by atoms with Crippen LogP contribution in [0.25, 0.3) is 0 Å². The highest BCUT2D eigenvalue weighted by Crippen LogP contribution is 2.08. The lowest BCUT2D eigenvalue weighted by Gasteiger charge is -2.12. The Balaban J connectivity index is 2.85. The van der Waals surface area contributed by atoms with Gasteiger partial charge >= 0.3 is 0 Å². The van der Waals surface area contributed by atoms with Crippen molar-refractivity contribution < 1.29 is 8.42 Å². The standard InChI is InChI=1S/C9H16BrN3O2S/c1-3-7(5-10)13-16(14,15)9-6-11-8(4-2)12-9/h6-7,13H,3-5H2,1-2H3,(H,11,12). The van der Waals surface area contributed by atoms with Crippen molar-refractivity contribution in [2.45, 2.75) is 37.8 Å². The van der Waals surface area contributed by atoms with Crippen molar-refractivity contribution in [2.75, 3.05) is 5.33 Å². The average molecular weight is 310 g/mol. The van der Waals surface area contributed by atoms with Gasteiger partial charge in [-0.25, -0.2) is 18.1 Å². The van der Waals surface area contributed by atoms with Gasteiger partial charge in [0.05, 0.1) is 6.20 Å². The summed E-state index contributed by atoms with van der Waals surface area (Å²) in [6.07, 6.45) is 2.77. The number of imidazole rings is 1. The quantitative estimate of drug-likeness (QED) is 0.781. The van der Waals surface area contributed by atoms with E-state index in [1.807, 2.05) is 13.8 Å². The Hall–Kier alpha value is -0.400. The van der Waals surface area contributed by atoms with Gasteiger partial charge in [0.2, 0.25) is 0 Å². The predicted octanol–water partition coefficient (Wildman–Crippen LogP) is 1.42. The molecule has 0 spiro atoms. The first-order chi connectivity index (χ1) is 7.53. The maximum atomic E-state index is 11.9. The normalized spacial score (nSPS) is 13.9. The lowest BCUT2D eigenvalue weighted by molar-refractivity contribution is 0.555. The minimum atomic E-state index is -3.47. The molecule has 0 aromatic carbocycles. The van der Waals surface area contributed by atoms with Gasteiger partial charge in [0, 0.05) is 17.8 Å². The van der Waals surface area contributed by atoms with Gasteiger partial charge in [-0.1, -0.05) is 29.8 Å². The molecule has 2 N–H and O–H groups in total. The van der Waals surface area contributed by atoms with Crippen molar-refractivity contribution in [1.82, 2.24) is 14.7 Å². The van der Waals surface area contributed by atoms with Crippen LogP contribution in [0, 0.1) is 0 Å². The minimum absolute atomic E-state index is 0.0987. The van der Waals surface area contributed by atoms with Crippen molar-refractivity contribution in [1.29, 1.82) is 0 Å². The average Bonchev–Trinajstić information content (AvgIpc) is 2.75. The van der Waals surface area contributed by atoms with E-state index in [-0.39, 0.29) is 11.1 Å². The van der Waals surface area contributed by atoms with E-state index in [0.717, 1.165) is 6.42 Å². The molecule has 1 aromatic rings. The molecule has 0 fully saturated rings. The van der Waals surface area contributed by atoms with Gasteiger partial charge < -0.3 is 4.98 Å². The molecule has 1 rings (SSSR count). The van der Waals surface area contributed by atoms with E-state index >= 15 is 0 Å². The number of nitrogens with zero attached hydrogens (tertiary/aromatic N) is 1. The molecule has 16 heavy (non-hydrogen) atoms. The summed E-state index contributed by atoms with van der Waals surface area (Å²) in [4.78, 5) is 6.75. The van der Waals surface area contributed by atoms with Crippen molar-refractivity contribution in [3.63, 3.8) is 0 Å². The topological polar surface area (TPSA) is 74.8 Å². The number of H-pyrrole nitrogens is 1. The van der Waals surface area contributed by atoms with Crippen LogP contribution >= 0.6 is 15.9 Å². The maximum absolute atomic E-state index is 11.9. The molecular weight excluding hydrogens is 294 g/mol. The molecule has 0 aliphatic rings. The van der Waals surface area contributed by atoms with E-state index < -0.39 is 10.0 Å². The van der Waals surface area contributed by atoms with Crippen molar-refractivity contribution in [3.8, 4) is 0 Å². The number of halogens is 1. The summed E-state index contributed by atoms with van der Waals surface area (Å²) in [7, 11) is -3.47. The van der Waals surface area contributed by atoms with Crippen molar-refractivity contribution >= 4 is 26.0 Å². The molecular formula is C9H16BrN3O2S. The van der Waals surface area contributed by atoms with Gasteiger partial charge in [-0.3, -0.25) is 0 Å². The Bertz CT molecular complexity index is 426. The SMILES string of the molecule is CCc1ncc(S(=O)(=O)NC(CC)CBr)[nH]1. The van der Waals surface area contributed by atoms with Gasteiger partial charge in [-0.15, -0.1) is 0 Å². The fraction of sp³-hybridized carbons (Fsp3) is 0.667. The second-order valence-electron chi connectivity index (χ2n) is 3.43. The molecule has 0 saturated carbocycles. The van der Waals surface area contributed by atoms with Crippen LogP contribution in [0.15, 0.2) is 11.2 Å². The predicted molar refractivity (Wildman–Crippen MR) is 66.2 cm³/mol. The summed E-state index contributed by atoms with van der Waals surface area (Å²) >= 11 is 3.27. The number of hydrogen-bond donors (Lipinski definition) is 2. The highest BCUT2D eigenvalue weighted by atomic mass is 79.9. The second-order valence-corrected chi connectivity index (χ2v) is 5.76. The summed E-state index contributed by atoms with van der Waals surface area (Å²) in [5, 5.41) is 0.723. The largest absolute Gasteiger partial charge is 0.332 e. The molecule has 0 bridgehead atoms. The van der Waals surface area contributed by atoms with Crippen LogP contribution in [0.1, 0.15) is 26.1 Å². The molecule has 0 aliphatic heterocycles. The number of rotatable bonds is 6. The zero-order valence-electron chi connectivity index (χ0n) is 9.33. The summed E-state index contributed by atoms with van der Waals surface area (Å²) < 4.78 is 26.4. The first-order valence-corrected chi connectivity index (χ1v) is 7.76. The molecule has 7 heteroatoms. The van der Waals surface area contributed by atoms with Crippen LogP contribution in [-0.4, -0.2) is 29.8 Å². The second kappa shape index (κ2) is 5.79. The molecule has 0 aliphatic carbocycles. The van der Waals surface area contributed by atoms with E-state index in [2.05, 4.69) is 30.6 Å². The number of nitrogens with one attached hydrogen (secondary N) is 2. The van der Waals surface area contributed by atoms with E-state index in [1.54, 1.807) is 0 Å². The van der Waals surface area contributed by atoms with Crippen LogP contribution in [0.3, 0.4) is 0 Å². The smallest absolute Gasteiger partial charge is 0.257 e. The minimum Gasteiger partial charge on any atom is -0.332 e. The van der Waals surface area contributed by atoms with Crippen LogP contribution in [0.5, 0.6) is 0 Å². The molecule has 0 saturated heterocycles. The number of aromatic amines is 1.